The van der Waals surface area contributed by atoms with E-state index in [1.807, 2.05) is 14.0 Å². The maximum atomic E-state index is 10.5. The van der Waals surface area contributed by atoms with Crippen LogP contribution in [0.5, 0.6) is 0 Å². The third-order valence-electron chi connectivity index (χ3n) is 6.48. The molecule has 84 valence electrons. The van der Waals surface area contributed by atoms with Crippen LogP contribution < -0.4 is 0 Å². The molecule has 0 bridgehead atoms. The van der Waals surface area contributed by atoms with E-state index in [4.69, 9.17) is 4.74 Å². The predicted molar refractivity (Wildman–Crippen MR) is 56.4 cm³/mol. The van der Waals surface area contributed by atoms with Gasteiger partial charge < -0.3 is 9.84 Å². The number of rotatable bonds is 1. The Kier molecular flexibility index (Phi) is 1.29. The molecule has 15 heavy (non-hydrogen) atoms. The van der Waals surface area contributed by atoms with Crippen molar-refractivity contribution in [2.75, 3.05) is 7.11 Å². The van der Waals surface area contributed by atoms with Gasteiger partial charge in [0.05, 0.1) is 11.2 Å². The van der Waals surface area contributed by atoms with Crippen LogP contribution in [-0.4, -0.2) is 23.4 Å². The molecule has 0 radical (unpaired) electrons. The first-order valence-corrected chi connectivity index (χ1v) is 6.36. The van der Waals surface area contributed by atoms with Gasteiger partial charge in [0, 0.05) is 12.5 Å². The maximum Gasteiger partial charge on any atom is 0.0801 e. The molecule has 4 rings (SSSR count). The first-order valence-electron chi connectivity index (χ1n) is 6.36. The molecule has 0 aromatic rings. The summed E-state index contributed by atoms with van der Waals surface area (Å²) < 4.78 is 5.95. The molecule has 3 unspecified atom stereocenters. The first kappa shape index (κ1) is 9.00. The van der Waals surface area contributed by atoms with E-state index >= 15 is 0 Å². The van der Waals surface area contributed by atoms with Gasteiger partial charge in [-0.25, -0.2) is 0 Å². The molecule has 0 aromatic carbocycles. The number of ether oxygens (including phenoxy) is 1. The minimum absolute atomic E-state index is 0.207. The van der Waals surface area contributed by atoms with E-state index < -0.39 is 5.60 Å². The van der Waals surface area contributed by atoms with E-state index in [-0.39, 0.29) is 5.60 Å². The Morgan fingerprint density at radius 2 is 2.00 bits per heavy atom. The van der Waals surface area contributed by atoms with Gasteiger partial charge in [-0.05, 0) is 56.8 Å². The van der Waals surface area contributed by atoms with Crippen molar-refractivity contribution in [1.29, 1.82) is 0 Å². The molecule has 4 aliphatic carbocycles. The molecule has 0 aromatic heterocycles. The van der Waals surface area contributed by atoms with Crippen LogP contribution >= 0.6 is 0 Å². The van der Waals surface area contributed by atoms with Crippen molar-refractivity contribution < 1.29 is 9.84 Å². The molecule has 0 aliphatic heterocycles. The highest BCUT2D eigenvalue weighted by Crippen LogP contribution is 2.84. The van der Waals surface area contributed by atoms with Gasteiger partial charge in [-0.2, -0.15) is 0 Å². The molecule has 0 heterocycles. The minimum Gasteiger partial charge on any atom is -0.390 e. The van der Waals surface area contributed by atoms with Crippen molar-refractivity contribution >= 4 is 0 Å². The molecule has 2 heteroatoms. The lowest BCUT2D eigenvalue weighted by molar-refractivity contribution is -0.0614. The van der Waals surface area contributed by atoms with Gasteiger partial charge >= 0.3 is 0 Å². The number of hydrogen-bond acceptors (Lipinski definition) is 2. The van der Waals surface area contributed by atoms with Gasteiger partial charge in [-0.15, -0.1) is 0 Å². The predicted octanol–water partition coefficient (Wildman–Crippen LogP) is 1.96. The van der Waals surface area contributed by atoms with Crippen molar-refractivity contribution in [3.8, 4) is 0 Å². The van der Waals surface area contributed by atoms with Crippen molar-refractivity contribution in [2.45, 2.75) is 50.2 Å². The van der Waals surface area contributed by atoms with Crippen molar-refractivity contribution in [3.63, 3.8) is 0 Å². The van der Waals surface area contributed by atoms with Gasteiger partial charge in [-0.3, -0.25) is 0 Å². The fraction of sp³-hybridized carbons (Fsp3) is 1.00. The lowest BCUT2D eigenvalue weighted by Crippen LogP contribution is -2.41. The van der Waals surface area contributed by atoms with Gasteiger partial charge in [-0.1, -0.05) is 0 Å². The van der Waals surface area contributed by atoms with Crippen LogP contribution in [0.1, 0.15) is 39.0 Å². The summed E-state index contributed by atoms with van der Waals surface area (Å²) in [4.78, 5) is 0. The zero-order valence-corrected chi connectivity index (χ0v) is 9.62. The van der Waals surface area contributed by atoms with Crippen LogP contribution in [0.25, 0.3) is 0 Å². The SMILES string of the molecule is CO[C@@]12C3CCC14CC[C@@](C)(O)[C@H]4CC32. The normalized spacial score (nSPS) is 69.4. The van der Waals surface area contributed by atoms with Gasteiger partial charge in [0.25, 0.3) is 0 Å². The van der Waals surface area contributed by atoms with Gasteiger partial charge in [0.1, 0.15) is 0 Å². The molecular weight excluding hydrogens is 188 g/mol. The third-order valence-corrected chi connectivity index (χ3v) is 6.48. The standard InChI is InChI=1S/C13H20O2/c1-11(14)5-6-12-4-3-8-9(7-10(11)12)13(8,12)15-2/h8-10,14H,3-7H2,1-2H3/t8?,9?,10-,11-,12?,13-/m1/s1. The third kappa shape index (κ3) is 0.656. The average Bonchev–Trinajstić information content (AvgIpc) is 2.50. The Hall–Kier alpha value is -0.0800. The number of hydrogen-bond donors (Lipinski definition) is 1. The van der Waals surface area contributed by atoms with Crippen LogP contribution in [0.4, 0.5) is 0 Å². The van der Waals surface area contributed by atoms with Crippen molar-refractivity contribution in [2.24, 2.45) is 23.2 Å². The summed E-state index contributed by atoms with van der Waals surface area (Å²) in [5.41, 5.74) is 0.159. The average molecular weight is 208 g/mol. The smallest absolute Gasteiger partial charge is 0.0801 e. The summed E-state index contributed by atoms with van der Waals surface area (Å²) in [6.07, 6.45) is 6.08. The van der Waals surface area contributed by atoms with E-state index in [0.717, 1.165) is 18.3 Å². The molecule has 1 spiro atoms. The summed E-state index contributed by atoms with van der Waals surface area (Å²) in [6.45, 7) is 2.05. The van der Waals surface area contributed by atoms with E-state index in [2.05, 4.69) is 0 Å². The van der Waals surface area contributed by atoms with Gasteiger partial charge in [0.2, 0.25) is 0 Å². The summed E-state index contributed by atoms with van der Waals surface area (Å²) in [5.74, 6) is 2.15. The molecular formula is C13H20O2. The Morgan fingerprint density at radius 1 is 1.20 bits per heavy atom. The van der Waals surface area contributed by atoms with E-state index in [1.54, 1.807) is 0 Å². The summed E-state index contributed by atoms with van der Waals surface area (Å²) in [5, 5.41) is 10.5. The summed E-state index contributed by atoms with van der Waals surface area (Å²) in [7, 11) is 1.90. The zero-order chi connectivity index (χ0) is 10.5. The van der Waals surface area contributed by atoms with Crippen molar-refractivity contribution in [3.05, 3.63) is 0 Å². The lowest BCUT2D eigenvalue weighted by Gasteiger charge is -2.37. The number of methoxy groups -OCH3 is 1. The monoisotopic (exact) mass is 208 g/mol. The molecule has 4 saturated carbocycles. The molecule has 6 atom stereocenters. The van der Waals surface area contributed by atoms with E-state index in [0.29, 0.717) is 11.3 Å². The van der Waals surface area contributed by atoms with Crippen molar-refractivity contribution in [1.82, 2.24) is 0 Å². The second-order valence-corrected chi connectivity index (χ2v) is 6.55. The van der Waals surface area contributed by atoms with Crippen LogP contribution in [0.15, 0.2) is 0 Å². The number of fused-ring (bicyclic) bond motifs is 1. The van der Waals surface area contributed by atoms with Crippen LogP contribution in [0, 0.1) is 23.2 Å². The summed E-state index contributed by atoms with van der Waals surface area (Å²) in [6, 6.07) is 0. The van der Waals surface area contributed by atoms with E-state index in [1.165, 1.54) is 25.7 Å². The van der Waals surface area contributed by atoms with E-state index in [9.17, 15) is 5.11 Å². The molecule has 2 nitrogen and oxygen atoms in total. The Balaban J connectivity index is 1.85. The molecule has 4 aliphatic rings. The fourth-order valence-corrected chi connectivity index (χ4v) is 6.04. The number of aliphatic hydroxyl groups is 1. The zero-order valence-electron chi connectivity index (χ0n) is 9.62. The Labute approximate surface area is 91.0 Å². The quantitative estimate of drug-likeness (QED) is 0.714. The molecule has 0 amide bonds. The molecule has 0 saturated heterocycles. The minimum atomic E-state index is -0.409. The topological polar surface area (TPSA) is 29.5 Å². The summed E-state index contributed by atoms with van der Waals surface area (Å²) >= 11 is 0. The molecule has 1 N–H and O–H groups in total. The fourth-order valence-electron chi connectivity index (χ4n) is 6.04. The largest absolute Gasteiger partial charge is 0.390 e. The lowest BCUT2D eigenvalue weighted by atomic mass is 9.72. The van der Waals surface area contributed by atoms with Crippen LogP contribution in [0.2, 0.25) is 0 Å². The second kappa shape index (κ2) is 2.14. The molecule has 4 fully saturated rings. The van der Waals surface area contributed by atoms with Crippen LogP contribution in [-0.2, 0) is 4.74 Å². The highest BCUT2D eigenvalue weighted by molar-refractivity contribution is 5.35. The first-order chi connectivity index (χ1) is 7.08. The Bertz CT molecular complexity index is 337. The maximum absolute atomic E-state index is 10.5. The Morgan fingerprint density at radius 3 is 2.73 bits per heavy atom. The van der Waals surface area contributed by atoms with Crippen LogP contribution in [0.3, 0.4) is 0 Å². The van der Waals surface area contributed by atoms with Gasteiger partial charge in [0.15, 0.2) is 0 Å². The highest BCUT2D eigenvalue weighted by Gasteiger charge is 2.86. The highest BCUT2D eigenvalue weighted by atomic mass is 16.5. The second-order valence-electron chi connectivity index (χ2n) is 6.55.